The van der Waals surface area contributed by atoms with E-state index in [1.165, 1.54) is 12.8 Å². The zero-order valence-electron chi connectivity index (χ0n) is 6.86. The van der Waals surface area contributed by atoms with Gasteiger partial charge in [-0.1, -0.05) is 17.8 Å². The number of thioether (sulfide) groups is 1. The van der Waals surface area contributed by atoms with Gasteiger partial charge in [-0.25, -0.2) is 4.98 Å². The standard InChI is InChI=1S/C9H12N2S/c1-2-6-10-9(3-1)12-7-11-8-4-5-8/h1-3,6,8,11H,4-5,7H2. The minimum atomic E-state index is 0.793. The highest BCUT2D eigenvalue weighted by atomic mass is 32.2. The Kier molecular flexibility index (Phi) is 2.64. The van der Waals surface area contributed by atoms with E-state index in [-0.39, 0.29) is 0 Å². The molecule has 64 valence electrons. The molecule has 0 aliphatic heterocycles. The second-order valence-corrected chi connectivity index (χ2v) is 3.93. The average molecular weight is 180 g/mol. The summed E-state index contributed by atoms with van der Waals surface area (Å²) in [7, 11) is 0. The highest BCUT2D eigenvalue weighted by Gasteiger charge is 2.19. The fraction of sp³-hybridized carbons (Fsp3) is 0.444. The van der Waals surface area contributed by atoms with Gasteiger partial charge in [-0.05, 0) is 25.0 Å². The summed E-state index contributed by atoms with van der Waals surface area (Å²) in [6.45, 7) is 0. The number of nitrogens with zero attached hydrogens (tertiary/aromatic N) is 1. The molecule has 1 N–H and O–H groups in total. The first-order chi connectivity index (χ1) is 5.95. The van der Waals surface area contributed by atoms with Crippen molar-refractivity contribution in [1.29, 1.82) is 0 Å². The smallest absolute Gasteiger partial charge is 0.0972 e. The lowest BCUT2D eigenvalue weighted by Gasteiger charge is -2.00. The number of hydrogen-bond acceptors (Lipinski definition) is 3. The summed E-state index contributed by atoms with van der Waals surface area (Å²) < 4.78 is 0. The SMILES string of the molecule is c1ccc(SCNC2CC2)nc1. The van der Waals surface area contributed by atoms with E-state index in [1.807, 2.05) is 24.4 Å². The molecule has 0 saturated heterocycles. The highest BCUT2D eigenvalue weighted by Crippen LogP contribution is 2.20. The van der Waals surface area contributed by atoms with Gasteiger partial charge in [-0.15, -0.1) is 0 Å². The maximum Gasteiger partial charge on any atom is 0.0972 e. The van der Waals surface area contributed by atoms with Crippen molar-refractivity contribution in [3.05, 3.63) is 24.4 Å². The van der Waals surface area contributed by atoms with Gasteiger partial charge in [0.1, 0.15) is 0 Å². The molecule has 0 atom stereocenters. The van der Waals surface area contributed by atoms with Gasteiger partial charge in [-0.3, -0.25) is 0 Å². The molecule has 1 heterocycles. The molecule has 0 unspecified atom stereocenters. The third-order valence-electron chi connectivity index (χ3n) is 1.81. The third-order valence-corrected chi connectivity index (χ3v) is 2.66. The van der Waals surface area contributed by atoms with E-state index in [9.17, 15) is 0 Å². The predicted octanol–water partition coefficient (Wildman–Crippen LogP) is 1.88. The van der Waals surface area contributed by atoms with E-state index in [0.29, 0.717) is 0 Å². The van der Waals surface area contributed by atoms with E-state index in [1.54, 1.807) is 11.8 Å². The summed E-state index contributed by atoms with van der Waals surface area (Å²) in [5, 5.41) is 4.53. The summed E-state index contributed by atoms with van der Waals surface area (Å²) >= 11 is 1.77. The van der Waals surface area contributed by atoms with Crippen molar-refractivity contribution in [2.75, 3.05) is 5.88 Å². The molecule has 3 heteroatoms. The van der Waals surface area contributed by atoms with Gasteiger partial charge in [0.05, 0.1) is 5.03 Å². The van der Waals surface area contributed by atoms with Crippen LogP contribution in [0.2, 0.25) is 0 Å². The Morgan fingerprint density at radius 3 is 3.08 bits per heavy atom. The molecule has 12 heavy (non-hydrogen) atoms. The zero-order chi connectivity index (χ0) is 8.23. The minimum absolute atomic E-state index is 0.793. The van der Waals surface area contributed by atoms with Crippen molar-refractivity contribution >= 4 is 11.8 Å². The maximum absolute atomic E-state index is 4.22. The van der Waals surface area contributed by atoms with Crippen molar-refractivity contribution in [2.24, 2.45) is 0 Å². The van der Waals surface area contributed by atoms with Gasteiger partial charge in [-0.2, -0.15) is 0 Å². The largest absolute Gasteiger partial charge is 0.305 e. The lowest BCUT2D eigenvalue weighted by Crippen LogP contribution is -2.14. The first kappa shape index (κ1) is 8.08. The molecule has 1 aromatic rings. The molecular weight excluding hydrogens is 168 g/mol. The Morgan fingerprint density at radius 2 is 2.42 bits per heavy atom. The van der Waals surface area contributed by atoms with Crippen LogP contribution in [0.15, 0.2) is 29.4 Å². The van der Waals surface area contributed by atoms with Gasteiger partial charge in [0.25, 0.3) is 0 Å². The summed E-state index contributed by atoms with van der Waals surface area (Å²) in [6, 6.07) is 6.80. The normalized spacial score (nSPS) is 16.3. The van der Waals surface area contributed by atoms with Crippen LogP contribution in [0.5, 0.6) is 0 Å². The minimum Gasteiger partial charge on any atom is -0.305 e. The van der Waals surface area contributed by atoms with E-state index in [2.05, 4.69) is 10.3 Å². The van der Waals surface area contributed by atoms with Gasteiger partial charge in [0.2, 0.25) is 0 Å². The average Bonchev–Trinajstić information content (AvgIpc) is 2.90. The van der Waals surface area contributed by atoms with Gasteiger partial charge in [0.15, 0.2) is 0 Å². The maximum atomic E-state index is 4.22. The molecule has 1 fully saturated rings. The molecule has 0 bridgehead atoms. The zero-order valence-corrected chi connectivity index (χ0v) is 7.68. The topological polar surface area (TPSA) is 24.9 Å². The van der Waals surface area contributed by atoms with Gasteiger partial charge >= 0.3 is 0 Å². The lowest BCUT2D eigenvalue weighted by atomic mass is 10.5. The molecule has 0 radical (unpaired) electrons. The molecule has 0 aromatic carbocycles. The quantitative estimate of drug-likeness (QED) is 0.565. The molecule has 1 aliphatic rings. The van der Waals surface area contributed by atoms with Crippen LogP contribution in [0.3, 0.4) is 0 Å². The Hall–Kier alpha value is -0.540. The molecule has 0 spiro atoms. The molecule has 1 aliphatic carbocycles. The van der Waals surface area contributed by atoms with E-state index in [4.69, 9.17) is 0 Å². The summed E-state index contributed by atoms with van der Waals surface area (Å²) in [4.78, 5) is 4.22. The molecule has 2 rings (SSSR count). The van der Waals surface area contributed by atoms with Crippen molar-refractivity contribution in [3.8, 4) is 0 Å². The van der Waals surface area contributed by atoms with Crippen LogP contribution in [0, 0.1) is 0 Å². The van der Waals surface area contributed by atoms with Crippen molar-refractivity contribution in [3.63, 3.8) is 0 Å². The lowest BCUT2D eigenvalue weighted by molar-refractivity contribution is 0.788. The third kappa shape index (κ3) is 2.50. The molecule has 1 aromatic heterocycles. The molecular formula is C9H12N2S. The van der Waals surface area contributed by atoms with Crippen molar-refractivity contribution < 1.29 is 0 Å². The van der Waals surface area contributed by atoms with Crippen LogP contribution >= 0.6 is 11.8 Å². The Bertz CT molecular complexity index is 234. The van der Waals surface area contributed by atoms with Crippen LogP contribution in [-0.4, -0.2) is 16.9 Å². The van der Waals surface area contributed by atoms with Crippen molar-refractivity contribution in [2.45, 2.75) is 23.9 Å². The second kappa shape index (κ2) is 3.92. The monoisotopic (exact) mass is 180 g/mol. The molecule has 1 saturated carbocycles. The Labute approximate surface area is 76.8 Å². The summed E-state index contributed by atoms with van der Waals surface area (Å²) in [5.74, 6) is 0.988. The highest BCUT2D eigenvalue weighted by molar-refractivity contribution is 7.99. The predicted molar refractivity (Wildman–Crippen MR) is 51.1 cm³/mol. The van der Waals surface area contributed by atoms with Crippen LogP contribution in [0.4, 0.5) is 0 Å². The number of rotatable bonds is 4. The Balaban J connectivity index is 1.72. The number of aromatic nitrogens is 1. The summed E-state index contributed by atoms with van der Waals surface area (Å²) in [6.07, 6.45) is 4.53. The van der Waals surface area contributed by atoms with E-state index < -0.39 is 0 Å². The molecule has 2 nitrogen and oxygen atoms in total. The second-order valence-electron chi connectivity index (χ2n) is 2.94. The van der Waals surface area contributed by atoms with Crippen LogP contribution in [-0.2, 0) is 0 Å². The first-order valence-corrected chi connectivity index (χ1v) is 5.21. The van der Waals surface area contributed by atoms with Crippen LogP contribution in [0.25, 0.3) is 0 Å². The van der Waals surface area contributed by atoms with E-state index in [0.717, 1.165) is 16.9 Å². The van der Waals surface area contributed by atoms with Crippen molar-refractivity contribution in [1.82, 2.24) is 10.3 Å². The van der Waals surface area contributed by atoms with Crippen LogP contribution in [0.1, 0.15) is 12.8 Å². The van der Waals surface area contributed by atoms with Crippen LogP contribution < -0.4 is 5.32 Å². The number of hydrogen-bond donors (Lipinski definition) is 1. The number of nitrogens with one attached hydrogen (secondary N) is 1. The van der Waals surface area contributed by atoms with Gasteiger partial charge in [0, 0.05) is 18.1 Å². The number of pyridine rings is 1. The fourth-order valence-corrected chi connectivity index (χ4v) is 1.73. The van der Waals surface area contributed by atoms with Gasteiger partial charge < -0.3 is 5.32 Å². The fourth-order valence-electron chi connectivity index (χ4n) is 0.953. The van der Waals surface area contributed by atoms with E-state index >= 15 is 0 Å². The molecule has 0 amide bonds. The summed E-state index contributed by atoms with van der Waals surface area (Å²) in [5.41, 5.74) is 0. The first-order valence-electron chi connectivity index (χ1n) is 4.22. The Morgan fingerprint density at radius 1 is 1.50 bits per heavy atom.